The Hall–Kier alpha value is -8.15. The predicted molar refractivity (Wildman–Crippen MR) is 322 cm³/mol. The minimum Gasteiger partial charge on any atom is -0.201 e. The first kappa shape index (κ1) is 53.7. The van der Waals surface area contributed by atoms with Gasteiger partial charge in [-0.15, -0.1) is 0 Å². The first-order valence-electron chi connectivity index (χ1n) is 28.1. The molecule has 5 aromatic carbocycles. The standard InChI is InChI=1S/C16H20N.4C14H16N/c1-11-8-6-7-9-15(11)16-14(4)13(3)12(2)10-17(16)5;1-11-7-4-5-9-13(11)14-12(2)8-6-10-15(14)3;1-11-7-4-5-9-13(11)14-10-6-8-12(2)15(14)3;1-11-8-9-15(3)14(10-11)13-7-5-4-6-12(13)2;1-11-8-9-14(15(3)10-11)13-7-5-4-6-12(13)2/h6-10H,1-5H3;4*4-10H,1-3H3/q5*+1/i;;;;1D3. The molecular formula is C72H84N5+5. The third-order valence-electron chi connectivity index (χ3n) is 14.6. The summed E-state index contributed by atoms with van der Waals surface area (Å²) < 4.78 is 32.9. The van der Waals surface area contributed by atoms with Gasteiger partial charge in [-0.3, -0.25) is 0 Å². The van der Waals surface area contributed by atoms with E-state index in [1.807, 2.05) is 48.9 Å². The van der Waals surface area contributed by atoms with Crippen molar-refractivity contribution in [3.63, 3.8) is 0 Å². The highest BCUT2D eigenvalue weighted by atomic mass is 14.9. The zero-order valence-electron chi connectivity index (χ0n) is 51.8. The summed E-state index contributed by atoms with van der Waals surface area (Å²) in [7, 11) is 10.3. The predicted octanol–water partition coefficient (Wildman–Crippen LogP) is 14.6. The summed E-state index contributed by atoms with van der Waals surface area (Å²) in [6.45, 7) is 21.6. The number of nitrogens with zero attached hydrogens (tertiary/aromatic N) is 5. The number of aryl methyl sites for hydroxylation is 14. The summed E-state index contributed by atoms with van der Waals surface area (Å²) in [6.07, 6.45) is 8.09. The van der Waals surface area contributed by atoms with Gasteiger partial charge in [0.2, 0.25) is 28.5 Å². The molecule has 0 saturated carbocycles. The van der Waals surface area contributed by atoms with Crippen LogP contribution in [0.5, 0.6) is 0 Å². The van der Waals surface area contributed by atoms with Crippen molar-refractivity contribution < 1.29 is 26.9 Å². The van der Waals surface area contributed by atoms with Gasteiger partial charge < -0.3 is 0 Å². The molecular weight excluding hydrogens is 935 g/mol. The maximum absolute atomic E-state index is 7.41. The van der Waals surface area contributed by atoms with Crippen LogP contribution in [-0.4, -0.2) is 0 Å². The highest BCUT2D eigenvalue weighted by Crippen LogP contribution is 2.27. The monoisotopic (exact) mass is 1020 g/mol. The number of hydrogen-bond acceptors (Lipinski definition) is 0. The number of hydrogen-bond donors (Lipinski definition) is 0. The van der Waals surface area contributed by atoms with E-state index in [-0.39, 0.29) is 0 Å². The molecule has 392 valence electrons. The summed E-state index contributed by atoms with van der Waals surface area (Å²) in [5.41, 5.74) is 27.4. The summed E-state index contributed by atoms with van der Waals surface area (Å²) in [5, 5.41) is 0. The van der Waals surface area contributed by atoms with Crippen molar-refractivity contribution in [1.82, 2.24) is 0 Å². The van der Waals surface area contributed by atoms with E-state index in [4.69, 9.17) is 4.11 Å². The third kappa shape index (κ3) is 14.8. The van der Waals surface area contributed by atoms with E-state index in [1.165, 1.54) is 106 Å². The lowest BCUT2D eigenvalue weighted by molar-refractivity contribution is -0.666. The van der Waals surface area contributed by atoms with Crippen molar-refractivity contribution in [2.24, 2.45) is 35.2 Å². The van der Waals surface area contributed by atoms with Gasteiger partial charge >= 0.3 is 0 Å². The van der Waals surface area contributed by atoms with Gasteiger partial charge in [0.15, 0.2) is 30.5 Å². The van der Waals surface area contributed by atoms with Gasteiger partial charge in [-0.25, -0.2) is 18.3 Å². The Balaban J connectivity index is 0.000000162. The maximum Gasteiger partial charge on any atom is 0.215 e. The van der Waals surface area contributed by atoms with E-state index in [9.17, 15) is 0 Å². The lowest BCUT2D eigenvalue weighted by Crippen LogP contribution is -2.34. The van der Waals surface area contributed by atoms with Crippen LogP contribution < -0.4 is 22.8 Å². The molecule has 0 aliphatic rings. The van der Waals surface area contributed by atoms with Gasteiger partial charge in [-0.2, -0.15) is 4.57 Å². The molecule has 0 N–H and O–H groups in total. The molecule has 0 atom stereocenters. The molecule has 0 radical (unpaired) electrons. The van der Waals surface area contributed by atoms with Gasteiger partial charge in [-0.1, -0.05) is 91.0 Å². The van der Waals surface area contributed by atoms with Crippen LogP contribution in [0.3, 0.4) is 0 Å². The third-order valence-corrected chi connectivity index (χ3v) is 14.6. The second kappa shape index (κ2) is 27.1. The SMILES string of the molecule is Cc1cc[n+](C)c(-c2ccccc2C)c1.Cc1ccccc1-c1c(C)c(C)c(C)c[n+]1C.Cc1ccccc1-c1c(C)ccc[n+]1C.Cc1ccccc1-c1cccc(C)[n+]1C.[2H]C([2H])([2H])c1ccc(-c2ccccc2C)[n+](C)c1. The normalized spacial score (nSPS) is 11.1. The Morgan fingerprint density at radius 3 is 1.26 bits per heavy atom. The molecule has 5 aromatic heterocycles. The fourth-order valence-electron chi connectivity index (χ4n) is 9.78. The first-order valence-corrected chi connectivity index (χ1v) is 26.6. The average Bonchev–Trinajstić information content (AvgIpc) is 3.44. The fraction of sp³-hybridized carbons (Fsp3) is 0.236. The van der Waals surface area contributed by atoms with Crippen LogP contribution in [0.25, 0.3) is 56.3 Å². The molecule has 77 heavy (non-hydrogen) atoms. The zero-order valence-corrected chi connectivity index (χ0v) is 48.8. The molecule has 10 rings (SSSR count). The van der Waals surface area contributed by atoms with Crippen LogP contribution >= 0.6 is 0 Å². The van der Waals surface area contributed by atoms with Crippen LogP contribution in [0.1, 0.15) is 71.0 Å². The Kier molecular flexibility index (Phi) is 18.9. The Bertz CT molecular complexity index is 3680. The molecule has 0 spiro atoms. The Labute approximate surface area is 467 Å². The average molecular weight is 1020 g/mol. The van der Waals surface area contributed by atoms with E-state index < -0.39 is 6.85 Å². The summed E-state index contributed by atoms with van der Waals surface area (Å²) in [5.74, 6) is 0. The van der Waals surface area contributed by atoms with Gasteiger partial charge in [0.25, 0.3) is 0 Å². The van der Waals surface area contributed by atoms with E-state index in [1.54, 1.807) is 12.3 Å². The van der Waals surface area contributed by atoms with E-state index in [0.717, 1.165) is 11.3 Å². The topological polar surface area (TPSA) is 19.4 Å². The van der Waals surface area contributed by atoms with Crippen LogP contribution in [0.2, 0.25) is 0 Å². The minimum absolute atomic E-state index is 0.363. The molecule has 0 saturated heterocycles. The van der Waals surface area contributed by atoms with E-state index in [2.05, 4.69) is 274 Å². The molecule has 5 heteroatoms. The lowest BCUT2D eigenvalue weighted by atomic mass is 9.97. The highest BCUT2D eigenvalue weighted by Gasteiger charge is 2.19. The summed E-state index contributed by atoms with van der Waals surface area (Å²) >= 11 is 0. The van der Waals surface area contributed by atoms with Gasteiger partial charge in [0.05, 0.1) is 0 Å². The van der Waals surface area contributed by atoms with Crippen molar-refractivity contribution in [3.05, 3.63) is 268 Å². The summed E-state index contributed by atoms with van der Waals surface area (Å²) in [4.78, 5) is 0. The van der Waals surface area contributed by atoms with Crippen molar-refractivity contribution in [2.45, 2.75) is 83.0 Å². The molecule has 5 nitrogen and oxygen atoms in total. The molecule has 0 aliphatic carbocycles. The van der Waals surface area contributed by atoms with Crippen molar-refractivity contribution in [2.75, 3.05) is 0 Å². The largest absolute Gasteiger partial charge is 0.215 e. The first-order chi connectivity index (χ1) is 38.0. The highest BCUT2D eigenvalue weighted by molar-refractivity contribution is 5.66. The fourth-order valence-corrected chi connectivity index (χ4v) is 9.78. The molecule has 0 amide bonds. The Morgan fingerprint density at radius 2 is 0.766 bits per heavy atom. The van der Waals surface area contributed by atoms with Crippen LogP contribution in [-0.2, 0) is 35.2 Å². The lowest BCUT2D eigenvalue weighted by Gasteiger charge is -2.10. The second-order valence-corrected chi connectivity index (χ2v) is 20.5. The zero-order chi connectivity index (χ0) is 58.4. The molecule has 0 bridgehead atoms. The number of benzene rings is 5. The molecule has 0 fully saturated rings. The smallest absolute Gasteiger partial charge is 0.201 e. The second-order valence-electron chi connectivity index (χ2n) is 20.5. The van der Waals surface area contributed by atoms with E-state index >= 15 is 0 Å². The molecule has 10 aromatic rings. The minimum atomic E-state index is -2.05. The van der Waals surface area contributed by atoms with Gasteiger partial charge in [0.1, 0.15) is 35.2 Å². The van der Waals surface area contributed by atoms with E-state index in [0.29, 0.717) is 5.56 Å². The quantitative estimate of drug-likeness (QED) is 0.153. The number of rotatable bonds is 5. The van der Waals surface area contributed by atoms with Crippen molar-refractivity contribution in [3.8, 4) is 56.3 Å². The molecule has 5 heterocycles. The number of aromatic nitrogens is 5. The summed E-state index contributed by atoms with van der Waals surface area (Å²) in [6, 6.07) is 60.6. The van der Waals surface area contributed by atoms with Crippen LogP contribution in [0.4, 0.5) is 0 Å². The number of pyridine rings is 5. The van der Waals surface area contributed by atoms with Crippen LogP contribution in [0, 0.1) is 83.0 Å². The van der Waals surface area contributed by atoms with Gasteiger partial charge in [0, 0.05) is 97.5 Å². The van der Waals surface area contributed by atoms with Crippen LogP contribution in [0.15, 0.2) is 201 Å². The maximum atomic E-state index is 7.41. The molecule has 0 aliphatic heterocycles. The van der Waals surface area contributed by atoms with Crippen molar-refractivity contribution in [1.29, 1.82) is 0 Å². The molecule has 0 unspecified atom stereocenters. The van der Waals surface area contributed by atoms with Gasteiger partial charge in [-0.05, 0) is 164 Å². The Morgan fingerprint density at radius 1 is 0.299 bits per heavy atom. The van der Waals surface area contributed by atoms with Crippen molar-refractivity contribution >= 4 is 0 Å².